The smallest absolute Gasteiger partial charge is 0.0471 e. The standard InChI is InChI=1S/C8H10O.C2H6O/c9-7-6-8-4-2-1-3-5-8;1-3-2/h1-5,9H,6-7H2;1-2H3. The van der Waals surface area contributed by atoms with E-state index in [1.54, 1.807) is 14.2 Å². The van der Waals surface area contributed by atoms with Gasteiger partial charge in [0.2, 0.25) is 0 Å². The van der Waals surface area contributed by atoms with Crippen LogP contribution < -0.4 is 0 Å². The molecule has 0 fully saturated rings. The van der Waals surface area contributed by atoms with Crippen molar-refractivity contribution < 1.29 is 9.84 Å². The van der Waals surface area contributed by atoms with Crippen LogP contribution in [0.3, 0.4) is 0 Å². The minimum Gasteiger partial charge on any atom is -0.396 e. The van der Waals surface area contributed by atoms with Gasteiger partial charge in [-0.25, -0.2) is 0 Å². The first-order chi connectivity index (χ1) is 5.85. The molecule has 0 saturated heterocycles. The van der Waals surface area contributed by atoms with Gasteiger partial charge in [-0.2, -0.15) is 0 Å². The van der Waals surface area contributed by atoms with Crippen molar-refractivity contribution in [2.75, 3.05) is 20.8 Å². The Labute approximate surface area is 73.8 Å². The van der Waals surface area contributed by atoms with E-state index in [2.05, 4.69) is 4.74 Å². The molecule has 2 nitrogen and oxygen atoms in total. The van der Waals surface area contributed by atoms with Crippen LogP contribution in [0.1, 0.15) is 5.56 Å². The summed E-state index contributed by atoms with van der Waals surface area (Å²) < 4.78 is 4.25. The summed E-state index contributed by atoms with van der Waals surface area (Å²) in [7, 11) is 3.25. The minimum absolute atomic E-state index is 0.240. The van der Waals surface area contributed by atoms with Gasteiger partial charge in [0.1, 0.15) is 0 Å². The van der Waals surface area contributed by atoms with E-state index >= 15 is 0 Å². The average molecular weight is 168 g/mol. The lowest BCUT2D eigenvalue weighted by Crippen LogP contribution is -1.88. The summed E-state index contributed by atoms with van der Waals surface area (Å²) in [6.45, 7) is 0.240. The van der Waals surface area contributed by atoms with Crippen molar-refractivity contribution in [1.29, 1.82) is 0 Å². The highest BCUT2D eigenvalue weighted by molar-refractivity contribution is 5.14. The summed E-state index contributed by atoms with van der Waals surface area (Å²) in [5.41, 5.74) is 1.19. The van der Waals surface area contributed by atoms with Crippen LogP contribution in [0.5, 0.6) is 0 Å². The highest BCUT2D eigenvalue weighted by Gasteiger charge is 1.85. The molecule has 0 spiro atoms. The molecule has 0 aromatic heterocycles. The largest absolute Gasteiger partial charge is 0.396 e. The lowest BCUT2D eigenvalue weighted by molar-refractivity contribution is 0.277. The number of hydrogen-bond donors (Lipinski definition) is 1. The zero-order valence-corrected chi connectivity index (χ0v) is 7.66. The molecule has 68 valence electrons. The number of ether oxygens (including phenoxy) is 1. The van der Waals surface area contributed by atoms with Crippen LogP contribution >= 0.6 is 0 Å². The van der Waals surface area contributed by atoms with E-state index in [1.165, 1.54) is 5.56 Å². The van der Waals surface area contributed by atoms with Crippen LogP contribution in [-0.4, -0.2) is 25.9 Å². The molecule has 0 amide bonds. The number of aliphatic hydroxyl groups is 1. The SMILES string of the molecule is COC.OCCc1ccccc1. The molecule has 0 saturated carbocycles. The van der Waals surface area contributed by atoms with Crippen molar-refractivity contribution in [3.05, 3.63) is 35.9 Å². The third-order valence-corrected chi connectivity index (χ3v) is 1.24. The van der Waals surface area contributed by atoms with Crippen molar-refractivity contribution in [2.24, 2.45) is 0 Å². The van der Waals surface area contributed by atoms with Crippen molar-refractivity contribution in [3.8, 4) is 0 Å². The van der Waals surface area contributed by atoms with Gasteiger partial charge in [-0.3, -0.25) is 0 Å². The highest BCUT2D eigenvalue weighted by atomic mass is 16.4. The highest BCUT2D eigenvalue weighted by Crippen LogP contribution is 1.97. The Bertz CT molecular complexity index is 172. The Kier molecular flexibility index (Phi) is 7.65. The zero-order chi connectivity index (χ0) is 9.23. The van der Waals surface area contributed by atoms with Gasteiger partial charge in [-0.05, 0) is 12.0 Å². The molecular formula is C10H16O2. The average Bonchev–Trinajstić information content (AvgIpc) is 2.08. The van der Waals surface area contributed by atoms with Crippen LogP contribution in [0.2, 0.25) is 0 Å². The lowest BCUT2D eigenvalue weighted by Gasteiger charge is -1.93. The van der Waals surface area contributed by atoms with E-state index < -0.39 is 0 Å². The van der Waals surface area contributed by atoms with Gasteiger partial charge in [0.15, 0.2) is 0 Å². The van der Waals surface area contributed by atoms with Crippen LogP contribution in [0.4, 0.5) is 0 Å². The molecule has 0 radical (unpaired) electrons. The molecular weight excluding hydrogens is 152 g/mol. The zero-order valence-electron chi connectivity index (χ0n) is 7.66. The summed E-state index contributed by atoms with van der Waals surface area (Å²) in [4.78, 5) is 0. The summed E-state index contributed by atoms with van der Waals surface area (Å²) >= 11 is 0. The van der Waals surface area contributed by atoms with Gasteiger partial charge < -0.3 is 9.84 Å². The Morgan fingerprint density at radius 3 is 2.08 bits per heavy atom. The van der Waals surface area contributed by atoms with Gasteiger partial charge >= 0.3 is 0 Å². The fourth-order valence-corrected chi connectivity index (χ4v) is 0.774. The predicted octanol–water partition coefficient (Wildman–Crippen LogP) is 1.48. The lowest BCUT2D eigenvalue weighted by atomic mass is 10.2. The van der Waals surface area contributed by atoms with E-state index in [9.17, 15) is 0 Å². The molecule has 0 atom stereocenters. The molecule has 0 aliphatic rings. The Morgan fingerprint density at radius 2 is 1.67 bits per heavy atom. The molecule has 2 heteroatoms. The first kappa shape index (κ1) is 11.1. The summed E-state index contributed by atoms with van der Waals surface area (Å²) in [5, 5.41) is 8.52. The number of hydrogen-bond acceptors (Lipinski definition) is 2. The Morgan fingerprint density at radius 1 is 1.17 bits per heavy atom. The fourth-order valence-electron chi connectivity index (χ4n) is 0.774. The van der Waals surface area contributed by atoms with Crippen LogP contribution in [0.15, 0.2) is 30.3 Å². The van der Waals surface area contributed by atoms with Gasteiger partial charge in [-0.15, -0.1) is 0 Å². The molecule has 12 heavy (non-hydrogen) atoms. The van der Waals surface area contributed by atoms with Gasteiger partial charge in [0.05, 0.1) is 0 Å². The van der Waals surface area contributed by atoms with Crippen LogP contribution in [0.25, 0.3) is 0 Å². The maximum atomic E-state index is 8.52. The minimum atomic E-state index is 0.240. The Hall–Kier alpha value is -0.860. The Balaban J connectivity index is 0.000000354. The third-order valence-electron chi connectivity index (χ3n) is 1.24. The molecule has 0 aliphatic carbocycles. The van der Waals surface area contributed by atoms with E-state index in [1.807, 2.05) is 30.3 Å². The van der Waals surface area contributed by atoms with Crippen molar-refractivity contribution in [2.45, 2.75) is 6.42 Å². The first-order valence-corrected chi connectivity index (χ1v) is 3.90. The molecule has 0 bridgehead atoms. The van der Waals surface area contributed by atoms with Crippen molar-refractivity contribution in [3.63, 3.8) is 0 Å². The van der Waals surface area contributed by atoms with E-state index in [0.29, 0.717) is 0 Å². The number of aliphatic hydroxyl groups excluding tert-OH is 1. The van der Waals surface area contributed by atoms with Crippen molar-refractivity contribution >= 4 is 0 Å². The van der Waals surface area contributed by atoms with E-state index in [-0.39, 0.29) is 6.61 Å². The first-order valence-electron chi connectivity index (χ1n) is 3.90. The van der Waals surface area contributed by atoms with Crippen molar-refractivity contribution in [1.82, 2.24) is 0 Å². The van der Waals surface area contributed by atoms with E-state index in [4.69, 9.17) is 5.11 Å². The summed E-state index contributed by atoms with van der Waals surface area (Å²) in [6, 6.07) is 9.95. The molecule has 0 aliphatic heterocycles. The third kappa shape index (κ3) is 5.89. The monoisotopic (exact) mass is 168 g/mol. The predicted molar refractivity (Wildman–Crippen MR) is 50.2 cm³/mol. The number of benzene rings is 1. The maximum absolute atomic E-state index is 8.52. The molecule has 1 aromatic carbocycles. The van der Waals surface area contributed by atoms with Gasteiger partial charge in [0, 0.05) is 20.8 Å². The summed E-state index contributed by atoms with van der Waals surface area (Å²) in [5.74, 6) is 0. The molecule has 1 rings (SSSR count). The normalized spacial score (nSPS) is 8.58. The molecule has 0 unspecified atom stereocenters. The van der Waals surface area contributed by atoms with Crippen LogP contribution in [-0.2, 0) is 11.2 Å². The fraction of sp³-hybridized carbons (Fsp3) is 0.400. The molecule has 1 N–H and O–H groups in total. The second kappa shape index (κ2) is 8.24. The summed E-state index contributed by atoms with van der Waals surface area (Å²) in [6.07, 6.45) is 0.765. The van der Waals surface area contributed by atoms with Gasteiger partial charge in [-0.1, -0.05) is 30.3 Å². The van der Waals surface area contributed by atoms with E-state index in [0.717, 1.165) is 6.42 Å². The maximum Gasteiger partial charge on any atom is 0.0471 e. The molecule has 0 heterocycles. The van der Waals surface area contributed by atoms with Gasteiger partial charge in [0.25, 0.3) is 0 Å². The number of methoxy groups -OCH3 is 1. The molecule has 1 aromatic rings. The second-order valence-electron chi connectivity index (χ2n) is 2.37. The second-order valence-corrected chi connectivity index (χ2v) is 2.37. The van der Waals surface area contributed by atoms with Crippen LogP contribution in [0, 0.1) is 0 Å². The topological polar surface area (TPSA) is 29.5 Å². The number of rotatable bonds is 2. The quantitative estimate of drug-likeness (QED) is 0.725.